The van der Waals surface area contributed by atoms with E-state index in [1.165, 1.54) is 0 Å². The Hall–Kier alpha value is -0.320. The van der Waals surface area contributed by atoms with Gasteiger partial charge in [-0.05, 0) is 45.4 Å². The Bertz CT molecular complexity index is 398. The number of hydrogen-bond donors (Lipinski definition) is 0. The van der Waals surface area contributed by atoms with Crippen LogP contribution in [0.1, 0.15) is 31.9 Å². The number of nitrogens with zero attached hydrogens (tertiary/aromatic N) is 1. The zero-order valence-corrected chi connectivity index (χ0v) is 12.4. The third kappa shape index (κ3) is 3.92. The Balaban J connectivity index is 2.85. The fraction of sp³-hybridized carbons (Fsp3) is 0.417. The van der Waals surface area contributed by atoms with Crippen molar-refractivity contribution in [2.45, 2.75) is 32.4 Å². The van der Waals surface area contributed by atoms with E-state index in [9.17, 15) is 4.55 Å². The minimum atomic E-state index is -1.19. The topological polar surface area (TPSA) is 35.4 Å². The first-order valence-electron chi connectivity index (χ1n) is 5.03. The summed E-state index contributed by atoms with van der Waals surface area (Å²) in [6.45, 7) is 7.74. The molecule has 0 saturated carbocycles. The molecule has 0 fully saturated rings. The van der Waals surface area contributed by atoms with Crippen molar-refractivity contribution in [1.29, 1.82) is 0 Å². The fourth-order valence-electron chi connectivity index (χ4n) is 1.05. The summed E-state index contributed by atoms with van der Waals surface area (Å²) in [6.07, 6.45) is 1.68. The molecule has 0 saturated heterocycles. The van der Waals surface area contributed by atoms with Crippen molar-refractivity contribution >= 4 is 33.5 Å². The molecule has 1 atom stereocenters. The van der Waals surface area contributed by atoms with Gasteiger partial charge in [-0.25, -0.2) is 0 Å². The van der Waals surface area contributed by atoms with Gasteiger partial charge in [0.05, 0.1) is 6.21 Å². The molecule has 1 aromatic rings. The molecule has 2 nitrogen and oxygen atoms in total. The van der Waals surface area contributed by atoms with Gasteiger partial charge in [-0.15, -0.1) is 0 Å². The molecule has 0 bridgehead atoms. The molecule has 0 radical (unpaired) electrons. The SMILES string of the molecule is Cc1cc(Br)ccc1C=N[S@@+]([O-])C(C)(C)C. The van der Waals surface area contributed by atoms with Crippen molar-refractivity contribution in [3.8, 4) is 0 Å². The van der Waals surface area contributed by atoms with E-state index in [4.69, 9.17) is 0 Å². The van der Waals surface area contributed by atoms with E-state index in [0.29, 0.717) is 0 Å². The highest BCUT2D eigenvalue weighted by molar-refractivity contribution is 9.10. The maximum atomic E-state index is 11.7. The largest absolute Gasteiger partial charge is 0.591 e. The van der Waals surface area contributed by atoms with Crippen molar-refractivity contribution in [3.63, 3.8) is 0 Å². The third-order valence-corrected chi connectivity index (χ3v) is 3.88. The van der Waals surface area contributed by atoms with E-state index < -0.39 is 11.4 Å². The molecule has 0 heterocycles. The summed E-state index contributed by atoms with van der Waals surface area (Å²) in [4.78, 5) is 0. The summed E-state index contributed by atoms with van der Waals surface area (Å²) in [5, 5.41) is 0. The molecule has 1 rings (SSSR count). The number of hydrogen-bond acceptors (Lipinski definition) is 2. The van der Waals surface area contributed by atoms with Gasteiger partial charge in [-0.1, -0.05) is 26.4 Å². The lowest BCUT2D eigenvalue weighted by Gasteiger charge is -2.17. The fourth-order valence-corrected chi connectivity index (χ4v) is 2.05. The minimum absolute atomic E-state index is 0.306. The minimum Gasteiger partial charge on any atom is -0.591 e. The molecule has 16 heavy (non-hydrogen) atoms. The molecular weight excluding hydrogens is 286 g/mol. The van der Waals surface area contributed by atoms with Crippen LogP contribution < -0.4 is 0 Å². The first-order valence-corrected chi connectivity index (χ1v) is 6.93. The first kappa shape index (κ1) is 13.7. The molecule has 0 aromatic heterocycles. The van der Waals surface area contributed by atoms with Crippen LogP contribution in [0.5, 0.6) is 0 Å². The molecule has 88 valence electrons. The predicted molar refractivity (Wildman–Crippen MR) is 74.4 cm³/mol. The first-order chi connectivity index (χ1) is 7.30. The van der Waals surface area contributed by atoms with Gasteiger partial charge < -0.3 is 4.55 Å². The van der Waals surface area contributed by atoms with E-state index in [-0.39, 0.29) is 4.75 Å². The van der Waals surface area contributed by atoms with Crippen LogP contribution in [0, 0.1) is 6.92 Å². The highest BCUT2D eigenvalue weighted by atomic mass is 79.9. The van der Waals surface area contributed by atoms with E-state index in [1.54, 1.807) is 6.21 Å². The van der Waals surface area contributed by atoms with Crippen molar-refractivity contribution in [3.05, 3.63) is 33.8 Å². The third-order valence-electron chi connectivity index (χ3n) is 2.04. The Kier molecular flexibility index (Phi) is 4.59. The Morgan fingerprint density at radius 1 is 1.38 bits per heavy atom. The van der Waals surface area contributed by atoms with Gasteiger partial charge in [-0.3, -0.25) is 0 Å². The lowest BCUT2D eigenvalue weighted by Crippen LogP contribution is -2.25. The molecule has 4 heteroatoms. The van der Waals surface area contributed by atoms with Crippen LogP contribution in [-0.4, -0.2) is 15.5 Å². The van der Waals surface area contributed by atoms with Crippen LogP contribution in [-0.2, 0) is 11.4 Å². The summed E-state index contributed by atoms with van der Waals surface area (Å²) in [7, 11) is 0. The molecule has 1 aromatic carbocycles. The normalized spacial score (nSPS) is 14.4. The van der Waals surface area contributed by atoms with Gasteiger partial charge in [0.15, 0.2) is 0 Å². The quantitative estimate of drug-likeness (QED) is 0.607. The van der Waals surface area contributed by atoms with Crippen LogP contribution in [0.15, 0.2) is 27.1 Å². The standard InChI is InChI=1S/C12H16BrNOS/c1-9-7-11(13)6-5-10(9)8-14-16(15)12(2,3)4/h5-8H,1-4H3/t16-/m0/s1. The highest BCUT2D eigenvalue weighted by Gasteiger charge is 2.25. The zero-order chi connectivity index (χ0) is 12.3. The van der Waals surface area contributed by atoms with E-state index in [0.717, 1.165) is 15.6 Å². The van der Waals surface area contributed by atoms with E-state index >= 15 is 0 Å². The number of halogens is 1. The second kappa shape index (κ2) is 5.34. The highest BCUT2D eigenvalue weighted by Crippen LogP contribution is 2.18. The molecule has 0 unspecified atom stereocenters. The molecule has 0 amide bonds. The Labute approximate surface area is 109 Å². The van der Waals surface area contributed by atoms with Crippen LogP contribution >= 0.6 is 15.9 Å². The molecule has 0 aliphatic rings. The van der Waals surface area contributed by atoms with Gasteiger partial charge in [-0.2, -0.15) is 0 Å². The average Bonchev–Trinajstić information content (AvgIpc) is 2.14. The molecular formula is C12H16BrNOS. The summed E-state index contributed by atoms with van der Waals surface area (Å²) in [6, 6.07) is 5.93. The van der Waals surface area contributed by atoms with Gasteiger partial charge in [0.2, 0.25) is 0 Å². The maximum absolute atomic E-state index is 11.7. The number of aryl methyl sites for hydroxylation is 1. The second-order valence-corrected chi connectivity index (χ2v) is 7.45. The van der Waals surface area contributed by atoms with Crippen LogP contribution in [0.4, 0.5) is 0 Å². The van der Waals surface area contributed by atoms with E-state index in [1.807, 2.05) is 45.9 Å². The smallest absolute Gasteiger partial charge is 0.144 e. The van der Waals surface area contributed by atoms with Crippen molar-refractivity contribution in [1.82, 2.24) is 0 Å². The van der Waals surface area contributed by atoms with Gasteiger partial charge in [0.25, 0.3) is 0 Å². The predicted octanol–water partition coefficient (Wildman–Crippen LogP) is 3.64. The van der Waals surface area contributed by atoms with Crippen molar-refractivity contribution < 1.29 is 4.55 Å². The number of benzene rings is 1. The van der Waals surface area contributed by atoms with Gasteiger partial charge in [0, 0.05) is 10.0 Å². The summed E-state index contributed by atoms with van der Waals surface area (Å²) >= 11 is 2.21. The van der Waals surface area contributed by atoms with Crippen LogP contribution in [0.3, 0.4) is 0 Å². The van der Waals surface area contributed by atoms with Crippen LogP contribution in [0.2, 0.25) is 0 Å². The summed E-state index contributed by atoms with van der Waals surface area (Å²) < 4.78 is 16.5. The summed E-state index contributed by atoms with van der Waals surface area (Å²) in [5.74, 6) is 0. The zero-order valence-electron chi connectivity index (χ0n) is 9.95. The van der Waals surface area contributed by atoms with Gasteiger partial charge >= 0.3 is 0 Å². The maximum Gasteiger partial charge on any atom is 0.144 e. The second-order valence-electron chi connectivity index (χ2n) is 4.60. The van der Waals surface area contributed by atoms with E-state index in [2.05, 4.69) is 20.3 Å². The average molecular weight is 302 g/mol. The lowest BCUT2D eigenvalue weighted by atomic mass is 10.1. The molecule has 0 aliphatic carbocycles. The van der Waals surface area contributed by atoms with Crippen LogP contribution in [0.25, 0.3) is 0 Å². The molecule has 0 spiro atoms. The monoisotopic (exact) mass is 301 g/mol. The Morgan fingerprint density at radius 2 is 2.00 bits per heavy atom. The van der Waals surface area contributed by atoms with Crippen molar-refractivity contribution in [2.24, 2.45) is 4.40 Å². The number of rotatable bonds is 2. The molecule has 0 N–H and O–H groups in total. The van der Waals surface area contributed by atoms with Gasteiger partial charge in [0.1, 0.15) is 16.1 Å². The Morgan fingerprint density at radius 3 is 2.50 bits per heavy atom. The summed E-state index contributed by atoms with van der Waals surface area (Å²) in [5.41, 5.74) is 2.12. The lowest BCUT2D eigenvalue weighted by molar-refractivity contribution is 0.562. The van der Waals surface area contributed by atoms with Crippen molar-refractivity contribution in [2.75, 3.05) is 0 Å². The molecule has 0 aliphatic heterocycles.